The third-order valence-corrected chi connectivity index (χ3v) is 1.29. The van der Waals surface area contributed by atoms with Crippen molar-refractivity contribution in [2.75, 3.05) is 0 Å². The van der Waals surface area contributed by atoms with Gasteiger partial charge in [0.05, 0.1) is 5.60 Å². The average Bonchev–Trinajstić information content (AvgIpc) is 2.10. The number of hydrogen-bond acceptors (Lipinski definition) is 1. The first-order valence-corrected chi connectivity index (χ1v) is 2.58. The molecule has 0 aromatic heterocycles. The molecule has 0 saturated carbocycles. The molecule has 0 amide bonds. The lowest BCUT2D eigenvalue weighted by Crippen LogP contribution is -2.22. The standard InChI is InChI=1S/C5H7F3O/c1-4(2)3(9-4)5(6,7)8/h3H,1-2H3. The van der Waals surface area contributed by atoms with Gasteiger partial charge in [-0.15, -0.1) is 0 Å². The van der Waals surface area contributed by atoms with Crippen molar-refractivity contribution in [3.8, 4) is 0 Å². The minimum atomic E-state index is -4.18. The molecule has 54 valence electrons. The molecule has 0 spiro atoms. The van der Waals surface area contributed by atoms with Crippen molar-refractivity contribution < 1.29 is 17.9 Å². The van der Waals surface area contributed by atoms with Crippen LogP contribution in [0.4, 0.5) is 13.2 Å². The maximum atomic E-state index is 11.6. The number of alkyl halides is 3. The molecule has 1 fully saturated rings. The van der Waals surface area contributed by atoms with Gasteiger partial charge in [0.15, 0.2) is 6.10 Å². The predicted octanol–water partition coefficient (Wildman–Crippen LogP) is 1.73. The summed E-state index contributed by atoms with van der Waals surface area (Å²) < 4.78 is 39.2. The van der Waals surface area contributed by atoms with E-state index in [1.54, 1.807) is 0 Å². The van der Waals surface area contributed by atoms with Gasteiger partial charge in [0.2, 0.25) is 0 Å². The minimum absolute atomic E-state index is 0.974. The van der Waals surface area contributed by atoms with Gasteiger partial charge in [-0.25, -0.2) is 0 Å². The molecule has 4 heteroatoms. The van der Waals surface area contributed by atoms with E-state index in [1.165, 1.54) is 13.8 Å². The number of epoxide rings is 1. The summed E-state index contributed by atoms with van der Waals surface area (Å²) >= 11 is 0. The van der Waals surface area contributed by atoms with Gasteiger partial charge >= 0.3 is 6.18 Å². The maximum Gasteiger partial charge on any atom is 0.417 e. The molecule has 1 aliphatic heterocycles. The van der Waals surface area contributed by atoms with Crippen LogP contribution >= 0.6 is 0 Å². The molecule has 0 radical (unpaired) electrons. The number of rotatable bonds is 0. The average molecular weight is 140 g/mol. The quantitative estimate of drug-likeness (QED) is 0.467. The molecule has 1 atom stereocenters. The molecule has 0 aromatic carbocycles. The third kappa shape index (κ3) is 1.18. The topological polar surface area (TPSA) is 12.5 Å². The summed E-state index contributed by atoms with van der Waals surface area (Å²) in [4.78, 5) is 0. The van der Waals surface area contributed by atoms with Gasteiger partial charge in [0, 0.05) is 0 Å². The monoisotopic (exact) mass is 140 g/mol. The molecule has 1 nitrogen and oxygen atoms in total. The summed E-state index contributed by atoms with van der Waals surface area (Å²) in [5, 5.41) is 0. The van der Waals surface area contributed by atoms with Crippen LogP contribution in [0.15, 0.2) is 0 Å². The zero-order valence-corrected chi connectivity index (χ0v) is 5.12. The van der Waals surface area contributed by atoms with Crippen molar-refractivity contribution in [1.29, 1.82) is 0 Å². The Bertz CT molecular complexity index is 127. The van der Waals surface area contributed by atoms with Gasteiger partial charge in [0.25, 0.3) is 0 Å². The fourth-order valence-corrected chi connectivity index (χ4v) is 0.731. The van der Waals surface area contributed by atoms with Gasteiger partial charge < -0.3 is 4.74 Å². The van der Waals surface area contributed by atoms with Gasteiger partial charge in [-0.2, -0.15) is 13.2 Å². The van der Waals surface area contributed by atoms with Crippen LogP contribution in [-0.2, 0) is 4.74 Å². The van der Waals surface area contributed by atoms with E-state index >= 15 is 0 Å². The highest BCUT2D eigenvalue weighted by molar-refractivity contribution is 4.99. The van der Waals surface area contributed by atoms with E-state index in [1.807, 2.05) is 0 Å². The summed E-state index contributed by atoms with van der Waals surface area (Å²) in [5.74, 6) is 0. The molecule has 0 aromatic rings. The van der Waals surface area contributed by atoms with E-state index in [-0.39, 0.29) is 0 Å². The molecule has 1 heterocycles. The van der Waals surface area contributed by atoms with Crippen molar-refractivity contribution in [3.63, 3.8) is 0 Å². The Labute approximate surface area is 50.8 Å². The van der Waals surface area contributed by atoms with E-state index in [4.69, 9.17) is 0 Å². The van der Waals surface area contributed by atoms with Crippen LogP contribution in [0.3, 0.4) is 0 Å². The molecular weight excluding hydrogens is 133 g/mol. The van der Waals surface area contributed by atoms with E-state index in [9.17, 15) is 13.2 Å². The highest BCUT2D eigenvalue weighted by Crippen LogP contribution is 2.45. The Morgan fingerprint density at radius 2 is 1.67 bits per heavy atom. The Morgan fingerprint density at radius 3 is 1.67 bits per heavy atom. The molecule has 1 rings (SSSR count). The third-order valence-electron chi connectivity index (χ3n) is 1.29. The lowest BCUT2D eigenvalue weighted by Gasteiger charge is -2.00. The van der Waals surface area contributed by atoms with Crippen molar-refractivity contribution in [3.05, 3.63) is 0 Å². The van der Waals surface area contributed by atoms with Crippen LogP contribution < -0.4 is 0 Å². The fraction of sp³-hybridized carbons (Fsp3) is 1.00. The highest BCUT2D eigenvalue weighted by Gasteiger charge is 2.63. The molecule has 1 saturated heterocycles. The summed E-state index contributed by atoms with van der Waals surface area (Å²) in [6.45, 7) is 2.84. The van der Waals surface area contributed by atoms with Crippen LogP contribution in [0.5, 0.6) is 0 Å². The number of ether oxygens (including phenoxy) is 1. The van der Waals surface area contributed by atoms with Crippen molar-refractivity contribution >= 4 is 0 Å². The Kier molecular flexibility index (Phi) is 1.09. The van der Waals surface area contributed by atoms with E-state index in [2.05, 4.69) is 4.74 Å². The lowest BCUT2D eigenvalue weighted by molar-refractivity contribution is -0.146. The molecular formula is C5H7F3O. The highest BCUT2D eigenvalue weighted by atomic mass is 19.4. The number of hydrogen-bond donors (Lipinski definition) is 0. The first kappa shape index (κ1) is 6.86. The molecule has 0 bridgehead atoms. The molecule has 0 N–H and O–H groups in total. The number of halogens is 3. The summed E-state index contributed by atoms with van der Waals surface area (Å²) in [6.07, 6.45) is -5.71. The second-order valence-corrected chi connectivity index (χ2v) is 2.64. The minimum Gasteiger partial charge on any atom is -0.357 e. The van der Waals surface area contributed by atoms with Gasteiger partial charge in [-0.05, 0) is 13.8 Å². The van der Waals surface area contributed by atoms with Crippen LogP contribution in [0, 0.1) is 0 Å². The Hall–Kier alpha value is -0.250. The smallest absolute Gasteiger partial charge is 0.357 e. The molecule has 1 unspecified atom stereocenters. The first-order valence-electron chi connectivity index (χ1n) is 2.58. The largest absolute Gasteiger partial charge is 0.417 e. The van der Waals surface area contributed by atoms with Gasteiger partial charge in [-0.1, -0.05) is 0 Å². The molecule has 1 aliphatic rings. The lowest BCUT2D eigenvalue weighted by atomic mass is 10.1. The van der Waals surface area contributed by atoms with E-state index < -0.39 is 17.9 Å². The zero-order chi connectivity index (χ0) is 7.28. The summed E-state index contributed by atoms with van der Waals surface area (Å²) in [7, 11) is 0. The Balaban J connectivity index is 2.52. The predicted molar refractivity (Wildman–Crippen MR) is 25.0 cm³/mol. The Morgan fingerprint density at radius 1 is 1.33 bits per heavy atom. The van der Waals surface area contributed by atoms with Crippen molar-refractivity contribution in [2.45, 2.75) is 31.7 Å². The summed E-state index contributed by atoms with van der Waals surface area (Å²) in [5.41, 5.74) is -0.974. The van der Waals surface area contributed by atoms with Gasteiger partial charge in [0.1, 0.15) is 0 Å². The van der Waals surface area contributed by atoms with E-state index in [0.29, 0.717) is 0 Å². The van der Waals surface area contributed by atoms with Crippen LogP contribution in [-0.4, -0.2) is 17.9 Å². The van der Waals surface area contributed by atoms with Crippen LogP contribution in [0.1, 0.15) is 13.8 Å². The van der Waals surface area contributed by atoms with E-state index in [0.717, 1.165) is 0 Å². The summed E-state index contributed by atoms with van der Waals surface area (Å²) in [6, 6.07) is 0. The first-order chi connectivity index (χ1) is 3.84. The van der Waals surface area contributed by atoms with Crippen molar-refractivity contribution in [2.24, 2.45) is 0 Å². The normalized spacial score (nSPS) is 32.3. The second kappa shape index (κ2) is 1.42. The van der Waals surface area contributed by atoms with Crippen molar-refractivity contribution in [1.82, 2.24) is 0 Å². The molecule has 9 heavy (non-hydrogen) atoms. The second-order valence-electron chi connectivity index (χ2n) is 2.64. The van der Waals surface area contributed by atoms with Crippen LogP contribution in [0.2, 0.25) is 0 Å². The SMILES string of the molecule is CC1(C)OC1C(F)(F)F. The zero-order valence-electron chi connectivity index (χ0n) is 5.12. The molecule has 0 aliphatic carbocycles. The maximum absolute atomic E-state index is 11.6. The van der Waals surface area contributed by atoms with Gasteiger partial charge in [-0.3, -0.25) is 0 Å². The fourth-order valence-electron chi connectivity index (χ4n) is 0.731. The van der Waals surface area contributed by atoms with Crippen LogP contribution in [0.25, 0.3) is 0 Å².